The van der Waals surface area contributed by atoms with Crippen molar-refractivity contribution in [2.24, 2.45) is 0 Å². The minimum absolute atomic E-state index is 0.428. The molecule has 0 aromatic heterocycles. The molecule has 1 aliphatic heterocycles. The van der Waals surface area contributed by atoms with Gasteiger partial charge in [-0.3, -0.25) is 9.74 Å². The molecular formula is C7H14N2O2. The third-order valence-corrected chi connectivity index (χ3v) is 1.81. The molecule has 0 N–H and O–H groups in total. The van der Waals surface area contributed by atoms with Crippen molar-refractivity contribution in [1.82, 2.24) is 10.8 Å². The summed E-state index contributed by atoms with van der Waals surface area (Å²) in [7, 11) is 0. The number of morpholine rings is 1. The molecule has 1 fully saturated rings. The first-order valence-electron chi connectivity index (χ1n) is 4.00. The maximum absolute atomic E-state index is 8.05. The zero-order valence-electron chi connectivity index (χ0n) is 6.66. The maximum Gasteiger partial charge on any atom is 0.0732 e. The maximum atomic E-state index is 8.05. The lowest BCUT2D eigenvalue weighted by Crippen LogP contribution is -2.37. The Kier molecular flexibility index (Phi) is 4.45. The van der Waals surface area contributed by atoms with Crippen LogP contribution in [-0.2, 0) is 9.57 Å². The highest BCUT2D eigenvalue weighted by atomic mass is 16.6. The lowest BCUT2D eigenvalue weighted by Gasteiger charge is -2.26. The van der Waals surface area contributed by atoms with Gasteiger partial charge in [-0.15, -0.1) is 0 Å². The van der Waals surface area contributed by atoms with Gasteiger partial charge in [-0.25, -0.2) is 0 Å². The van der Waals surface area contributed by atoms with Gasteiger partial charge in [0.15, 0.2) is 0 Å². The number of hydrogen-bond acceptors (Lipinski definition) is 3. The summed E-state index contributed by atoms with van der Waals surface area (Å²) in [5.74, 6) is 8.05. The van der Waals surface area contributed by atoms with Crippen LogP contribution in [0.15, 0.2) is 0 Å². The van der Waals surface area contributed by atoms with E-state index in [4.69, 9.17) is 10.6 Å². The molecule has 0 spiro atoms. The highest BCUT2D eigenvalue weighted by Crippen LogP contribution is 1.97. The number of ether oxygens (including phenoxy) is 1. The van der Waals surface area contributed by atoms with Crippen molar-refractivity contribution in [3.63, 3.8) is 0 Å². The molecule has 1 saturated heterocycles. The molecule has 0 saturated carbocycles. The second-order valence-corrected chi connectivity index (χ2v) is 2.64. The van der Waals surface area contributed by atoms with Gasteiger partial charge < -0.3 is 4.74 Å². The summed E-state index contributed by atoms with van der Waals surface area (Å²) in [6.07, 6.45) is 0.885. The molecule has 0 unspecified atom stereocenters. The normalized spacial score (nSPS) is 20.5. The summed E-state index contributed by atoms with van der Waals surface area (Å²) in [6.45, 7) is 5.10. The van der Waals surface area contributed by atoms with Crippen molar-refractivity contribution in [2.45, 2.75) is 6.42 Å². The van der Waals surface area contributed by atoms with Crippen molar-refractivity contribution < 1.29 is 9.57 Å². The SMILES string of the molecule is [N]OCCCN1CCOCC1. The summed E-state index contributed by atoms with van der Waals surface area (Å²) in [5, 5.41) is 0. The number of hydrogen-bond donors (Lipinski definition) is 0. The van der Waals surface area contributed by atoms with Gasteiger partial charge in [0, 0.05) is 25.5 Å². The van der Waals surface area contributed by atoms with E-state index in [0.29, 0.717) is 6.61 Å². The molecule has 1 aliphatic rings. The van der Waals surface area contributed by atoms with Crippen LogP contribution in [-0.4, -0.2) is 44.4 Å². The smallest absolute Gasteiger partial charge is 0.0732 e. The van der Waals surface area contributed by atoms with Crippen LogP contribution in [0.3, 0.4) is 0 Å². The van der Waals surface area contributed by atoms with Gasteiger partial charge in [0.25, 0.3) is 0 Å². The summed E-state index contributed by atoms with van der Waals surface area (Å²) in [6, 6.07) is 0. The minimum Gasteiger partial charge on any atom is -0.379 e. The van der Waals surface area contributed by atoms with E-state index in [9.17, 15) is 0 Å². The monoisotopic (exact) mass is 158 g/mol. The van der Waals surface area contributed by atoms with Gasteiger partial charge in [-0.05, 0) is 6.42 Å². The van der Waals surface area contributed by atoms with Crippen LogP contribution in [0.2, 0.25) is 0 Å². The Hall–Kier alpha value is -0.160. The number of rotatable bonds is 4. The Morgan fingerprint density at radius 3 is 2.73 bits per heavy atom. The standard InChI is InChI=1S/C7H14N2O2/c8-11-5-1-2-9-3-6-10-7-4-9/h1-7H2. The highest BCUT2D eigenvalue weighted by Gasteiger charge is 2.08. The second-order valence-electron chi connectivity index (χ2n) is 2.64. The lowest BCUT2D eigenvalue weighted by molar-refractivity contribution is 0.0307. The Morgan fingerprint density at radius 2 is 2.09 bits per heavy atom. The fraction of sp³-hybridized carbons (Fsp3) is 1.00. The summed E-state index contributed by atoms with van der Waals surface area (Å²) in [4.78, 5) is 6.28. The van der Waals surface area contributed by atoms with Crippen molar-refractivity contribution >= 4 is 0 Å². The van der Waals surface area contributed by atoms with E-state index >= 15 is 0 Å². The molecule has 0 aromatic carbocycles. The van der Waals surface area contributed by atoms with Gasteiger partial charge in [0.2, 0.25) is 0 Å². The summed E-state index contributed by atoms with van der Waals surface area (Å²) >= 11 is 0. The van der Waals surface area contributed by atoms with Crippen LogP contribution in [0.5, 0.6) is 0 Å². The molecule has 0 atom stereocenters. The lowest BCUT2D eigenvalue weighted by atomic mass is 10.3. The first-order valence-corrected chi connectivity index (χ1v) is 4.00. The van der Waals surface area contributed by atoms with E-state index in [2.05, 4.69) is 9.74 Å². The zero-order valence-corrected chi connectivity index (χ0v) is 6.66. The van der Waals surface area contributed by atoms with Crippen molar-refractivity contribution in [3.8, 4) is 0 Å². The molecule has 0 aliphatic carbocycles. The molecule has 0 bridgehead atoms. The van der Waals surface area contributed by atoms with Crippen molar-refractivity contribution in [1.29, 1.82) is 0 Å². The average molecular weight is 158 g/mol. The molecular weight excluding hydrogens is 144 g/mol. The summed E-state index contributed by atoms with van der Waals surface area (Å²) in [5.41, 5.74) is 0. The van der Waals surface area contributed by atoms with E-state index in [1.165, 1.54) is 0 Å². The van der Waals surface area contributed by atoms with Gasteiger partial charge in [-0.1, -0.05) is 0 Å². The van der Waals surface area contributed by atoms with Crippen LogP contribution < -0.4 is 5.90 Å². The Bertz CT molecular complexity index is 94.4. The summed E-state index contributed by atoms with van der Waals surface area (Å²) < 4.78 is 5.18. The molecule has 1 rings (SSSR count). The average Bonchev–Trinajstić information content (AvgIpc) is 2.07. The molecule has 4 heteroatoms. The highest BCUT2D eigenvalue weighted by molar-refractivity contribution is 4.60. The topological polar surface area (TPSA) is 44.0 Å². The van der Waals surface area contributed by atoms with Crippen LogP contribution in [0.25, 0.3) is 0 Å². The van der Waals surface area contributed by atoms with E-state index < -0.39 is 0 Å². The zero-order chi connectivity index (χ0) is 7.94. The fourth-order valence-electron chi connectivity index (χ4n) is 1.18. The quantitative estimate of drug-likeness (QED) is 0.417. The molecule has 11 heavy (non-hydrogen) atoms. The van der Waals surface area contributed by atoms with E-state index in [-0.39, 0.29) is 0 Å². The van der Waals surface area contributed by atoms with Crippen LogP contribution in [0.1, 0.15) is 6.42 Å². The number of nitrogens with zero attached hydrogens (tertiary/aromatic N) is 2. The van der Waals surface area contributed by atoms with Crippen LogP contribution >= 0.6 is 0 Å². The van der Waals surface area contributed by atoms with E-state index in [0.717, 1.165) is 39.3 Å². The third kappa shape index (κ3) is 3.67. The van der Waals surface area contributed by atoms with Gasteiger partial charge in [0.1, 0.15) is 0 Å². The Balaban J connectivity index is 1.96. The van der Waals surface area contributed by atoms with Gasteiger partial charge in [-0.2, -0.15) is 0 Å². The van der Waals surface area contributed by atoms with Crippen LogP contribution in [0, 0.1) is 0 Å². The molecule has 64 valence electrons. The Labute approximate surface area is 67.2 Å². The van der Waals surface area contributed by atoms with Gasteiger partial charge >= 0.3 is 0 Å². The Morgan fingerprint density at radius 1 is 1.36 bits per heavy atom. The molecule has 0 amide bonds. The first kappa shape index (κ1) is 8.93. The molecule has 2 radical (unpaired) electrons. The third-order valence-electron chi connectivity index (χ3n) is 1.81. The van der Waals surface area contributed by atoms with E-state index in [1.54, 1.807) is 0 Å². The first-order chi connectivity index (χ1) is 5.43. The molecule has 4 nitrogen and oxygen atoms in total. The largest absolute Gasteiger partial charge is 0.379 e. The van der Waals surface area contributed by atoms with Crippen molar-refractivity contribution in [3.05, 3.63) is 0 Å². The van der Waals surface area contributed by atoms with Crippen molar-refractivity contribution in [2.75, 3.05) is 39.5 Å². The predicted molar refractivity (Wildman–Crippen MR) is 40.0 cm³/mol. The second kappa shape index (κ2) is 5.49. The molecule has 1 heterocycles. The van der Waals surface area contributed by atoms with Gasteiger partial charge in [0.05, 0.1) is 19.8 Å². The van der Waals surface area contributed by atoms with Crippen LogP contribution in [0.4, 0.5) is 0 Å². The minimum atomic E-state index is 0.428. The predicted octanol–water partition coefficient (Wildman–Crippen LogP) is -0.291. The fourth-order valence-corrected chi connectivity index (χ4v) is 1.18. The van der Waals surface area contributed by atoms with E-state index in [1.807, 2.05) is 0 Å². The molecule has 0 aromatic rings.